The first-order chi connectivity index (χ1) is 17.1. The van der Waals surface area contributed by atoms with Gasteiger partial charge in [0.25, 0.3) is 0 Å². The van der Waals surface area contributed by atoms with Crippen molar-refractivity contribution in [2.24, 2.45) is 0 Å². The van der Waals surface area contributed by atoms with Crippen LogP contribution in [0.2, 0.25) is 0 Å². The number of benzene rings is 2. The molecule has 1 N–H and O–H groups in total. The molecule has 0 aromatic heterocycles. The molecular weight excluding hydrogens is 438 g/mol. The summed E-state index contributed by atoms with van der Waals surface area (Å²) in [7, 11) is 1.66. The molecule has 0 unspecified atom stereocenters. The first-order valence-corrected chi connectivity index (χ1v) is 13.2. The standard InChI is InChI=1S/C30H43NO4/c1-3-4-5-6-7-8-9-10-17-22-29(32)31-27(23-28(34-2)25-18-13-11-14-19-25)24-35-30(33)26-20-15-12-16-21-26/h11-16,18-21,27-28H,3-10,17,22-24H2,1-2H3,(H,31,32)/t27-,28-/m1/s1. The summed E-state index contributed by atoms with van der Waals surface area (Å²) in [6.45, 7) is 2.34. The number of methoxy groups -OCH3 is 1. The third-order valence-electron chi connectivity index (χ3n) is 6.25. The van der Waals surface area contributed by atoms with Gasteiger partial charge in [0.1, 0.15) is 6.61 Å². The van der Waals surface area contributed by atoms with Gasteiger partial charge in [-0.3, -0.25) is 4.79 Å². The zero-order valence-corrected chi connectivity index (χ0v) is 21.5. The minimum absolute atomic E-state index is 0.00313. The number of hydrogen-bond acceptors (Lipinski definition) is 4. The molecule has 0 saturated carbocycles. The van der Waals surface area contributed by atoms with Gasteiger partial charge >= 0.3 is 5.97 Å². The molecule has 0 aliphatic carbocycles. The SMILES string of the molecule is CCCCCCCCCCCC(=O)N[C@@H](COC(=O)c1ccccc1)C[C@@H](OC)c1ccccc1. The zero-order chi connectivity index (χ0) is 25.1. The van der Waals surface area contributed by atoms with Crippen molar-refractivity contribution < 1.29 is 19.1 Å². The van der Waals surface area contributed by atoms with E-state index in [0.717, 1.165) is 18.4 Å². The van der Waals surface area contributed by atoms with Crippen LogP contribution in [0.1, 0.15) is 99.6 Å². The summed E-state index contributed by atoms with van der Waals surface area (Å²) >= 11 is 0. The van der Waals surface area contributed by atoms with E-state index in [1.165, 1.54) is 44.9 Å². The van der Waals surface area contributed by atoms with Gasteiger partial charge in [0.05, 0.1) is 17.7 Å². The van der Waals surface area contributed by atoms with Crippen LogP contribution in [0, 0.1) is 0 Å². The maximum Gasteiger partial charge on any atom is 0.338 e. The highest BCUT2D eigenvalue weighted by Gasteiger charge is 2.21. The highest BCUT2D eigenvalue weighted by atomic mass is 16.5. The van der Waals surface area contributed by atoms with Crippen molar-refractivity contribution in [1.82, 2.24) is 5.32 Å². The van der Waals surface area contributed by atoms with E-state index < -0.39 is 5.97 Å². The number of ether oxygens (including phenoxy) is 2. The molecule has 0 heterocycles. The second kappa shape index (κ2) is 17.7. The second-order valence-corrected chi connectivity index (χ2v) is 9.18. The quantitative estimate of drug-likeness (QED) is 0.183. The van der Waals surface area contributed by atoms with Crippen LogP contribution in [0.5, 0.6) is 0 Å². The summed E-state index contributed by atoms with van der Waals surface area (Å²) in [6, 6.07) is 18.5. The molecule has 192 valence electrons. The molecule has 5 heteroatoms. The van der Waals surface area contributed by atoms with Gasteiger partial charge in [0.2, 0.25) is 5.91 Å². The largest absolute Gasteiger partial charge is 0.460 e. The smallest absolute Gasteiger partial charge is 0.338 e. The average Bonchev–Trinajstić information content (AvgIpc) is 2.90. The Balaban J connectivity index is 1.83. The van der Waals surface area contributed by atoms with Gasteiger partial charge in [-0.05, 0) is 24.1 Å². The van der Waals surface area contributed by atoms with Gasteiger partial charge in [0.15, 0.2) is 0 Å². The molecule has 0 aliphatic heterocycles. The van der Waals surface area contributed by atoms with Crippen molar-refractivity contribution >= 4 is 11.9 Å². The van der Waals surface area contributed by atoms with Crippen LogP contribution in [-0.4, -0.2) is 31.6 Å². The van der Waals surface area contributed by atoms with Gasteiger partial charge in [-0.2, -0.15) is 0 Å². The molecule has 5 nitrogen and oxygen atoms in total. The van der Waals surface area contributed by atoms with Gasteiger partial charge in [-0.1, -0.05) is 107 Å². The highest BCUT2D eigenvalue weighted by molar-refractivity contribution is 5.89. The number of carbonyl (C=O) groups excluding carboxylic acids is 2. The third-order valence-corrected chi connectivity index (χ3v) is 6.25. The number of rotatable bonds is 18. The first kappa shape index (κ1) is 28.6. The van der Waals surface area contributed by atoms with Crippen LogP contribution in [0.15, 0.2) is 60.7 Å². The van der Waals surface area contributed by atoms with E-state index >= 15 is 0 Å². The molecule has 0 spiro atoms. The van der Waals surface area contributed by atoms with E-state index in [4.69, 9.17) is 9.47 Å². The summed E-state index contributed by atoms with van der Waals surface area (Å²) < 4.78 is 11.3. The number of esters is 1. The Morgan fingerprint density at radius 3 is 1.97 bits per heavy atom. The zero-order valence-electron chi connectivity index (χ0n) is 21.5. The van der Waals surface area contributed by atoms with Crippen LogP contribution >= 0.6 is 0 Å². The van der Waals surface area contributed by atoms with Crippen molar-refractivity contribution in [3.8, 4) is 0 Å². The molecule has 0 aliphatic rings. The molecule has 35 heavy (non-hydrogen) atoms. The summed E-state index contributed by atoms with van der Waals surface area (Å²) in [5, 5.41) is 3.09. The average molecular weight is 482 g/mol. The monoisotopic (exact) mass is 481 g/mol. The minimum atomic E-state index is -0.391. The van der Waals surface area contributed by atoms with Crippen molar-refractivity contribution in [2.75, 3.05) is 13.7 Å². The predicted octanol–water partition coefficient (Wildman–Crippen LogP) is 7.03. The van der Waals surface area contributed by atoms with Gasteiger partial charge in [-0.25, -0.2) is 4.79 Å². The van der Waals surface area contributed by atoms with E-state index in [-0.39, 0.29) is 24.7 Å². The molecular formula is C30H43NO4. The normalized spacial score (nSPS) is 12.6. The third kappa shape index (κ3) is 12.0. The minimum Gasteiger partial charge on any atom is -0.460 e. The van der Waals surface area contributed by atoms with Crippen LogP contribution in [0.25, 0.3) is 0 Å². The Morgan fingerprint density at radius 2 is 1.37 bits per heavy atom. The fourth-order valence-electron chi connectivity index (χ4n) is 4.19. The van der Waals surface area contributed by atoms with Crippen molar-refractivity contribution in [3.63, 3.8) is 0 Å². The molecule has 1 amide bonds. The molecule has 2 aromatic rings. The Bertz CT molecular complexity index is 825. The van der Waals surface area contributed by atoms with Crippen LogP contribution in [0.3, 0.4) is 0 Å². The van der Waals surface area contributed by atoms with Crippen molar-refractivity contribution in [2.45, 2.75) is 89.7 Å². The Hall–Kier alpha value is -2.66. The predicted molar refractivity (Wildman–Crippen MR) is 141 cm³/mol. The molecule has 2 aromatic carbocycles. The van der Waals surface area contributed by atoms with Gasteiger partial charge in [0, 0.05) is 20.0 Å². The maximum atomic E-state index is 12.7. The van der Waals surface area contributed by atoms with Crippen LogP contribution in [0.4, 0.5) is 0 Å². The van der Waals surface area contributed by atoms with Crippen LogP contribution in [-0.2, 0) is 14.3 Å². The number of carbonyl (C=O) groups is 2. The summed E-state index contributed by atoms with van der Waals surface area (Å²) in [6.07, 6.45) is 11.7. The second-order valence-electron chi connectivity index (χ2n) is 9.18. The number of hydrogen-bond donors (Lipinski definition) is 1. The van der Waals surface area contributed by atoms with Gasteiger partial charge in [-0.15, -0.1) is 0 Å². The Kier molecular flexibility index (Phi) is 14.5. The molecule has 0 saturated heterocycles. The lowest BCUT2D eigenvalue weighted by Crippen LogP contribution is -2.40. The number of unbranched alkanes of at least 4 members (excludes halogenated alkanes) is 8. The molecule has 0 fully saturated rings. The molecule has 0 radical (unpaired) electrons. The van der Waals surface area contributed by atoms with Crippen molar-refractivity contribution in [3.05, 3.63) is 71.8 Å². The van der Waals surface area contributed by atoms with E-state index in [1.807, 2.05) is 36.4 Å². The number of nitrogens with one attached hydrogen (secondary N) is 1. The van der Waals surface area contributed by atoms with Crippen molar-refractivity contribution in [1.29, 1.82) is 0 Å². The summed E-state index contributed by atoms with van der Waals surface area (Å²) in [5.74, 6) is -0.394. The fourth-order valence-corrected chi connectivity index (χ4v) is 4.19. The Labute approximate surface area is 211 Å². The Morgan fingerprint density at radius 1 is 0.800 bits per heavy atom. The summed E-state index contributed by atoms with van der Waals surface area (Å²) in [4.78, 5) is 25.1. The van der Waals surface area contributed by atoms with Crippen LogP contribution < -0.4 is 5.32 Å². The van der Waals surface area contributed by atoms with E-state index in [9.17, 15) is 9.59 Å². The first-order valence-electron chi connectivity index (χ1n) is 13.2. The van der Waals surface area contributed by atoms with Gasteiger partial charge < -0.3 is 14.8 Å². The maximum absolute atomic E-state index is 12.7. The fraction of sp³-hybridized carbons (Fsp3) is 0.533. The molecule has 2 atom stereocenters. The lowest BCUT2D eigenvalue weighted by Gasteiger charge is -2.24. The topological polar surface area (TPSA) is 64.6 Å². The summed E-state index contributed by atoms with van der Waals surface area (Å²) in [5.41, 5.74) is 1.53. The lowest BCUT2D eigenvalue weighted by molar-refractivity contribution is -0.122. The van der Waals surface area contributed by atoms with E-state index in [0.29, 0.717) is 18.4 Å². The molecule has 2 rings (SSSR count). The van der Waals surface area contributed by atoms with E-state index in [2.05, 4.69) is 12.2 Å². The molecule has 0 bridgehead atoms. The highest BCUT2D eigenvalue weighted by Crippen LogP contribution is 2.22. The number of amides is 1. The lowest BCUT2D eigenvalue weighted by atomic mass is 10.0. The van der Waals surface area contributed by atoms with E-state index in [1.54, 1.807) is 31.4 Å².